The highest BCUT2D eigenvalue weighted by Gasteiger charge is 2.03. The van der Waals surface area contributed by atoms with Crippen molar-refractivity contribution in [1.82, 2.24) is 10.3 Å². The lowest BCUT2D eigenvalue weighted by atomic mass is 10.2. The number of aromatic nitrogens is 1. The first kappa shape index (κ1) is 12.1. The molecule has 3 nitrogen and oxygen atoms in total. The minimum Gasteiger partial charge on any atom is -0.488 e. The average Bonchev–Trinajstić information content (AvgIpc) is 2.88. The number of benzene rings is 1. The Morgan fingerprint density at radius 2 is 2.24 bits per heavy atom. The third kappa shape index (κ3) is 3.54. The Kier molecular flexibility index (Phi) is 4.53. The maximum Gasteiger partial charge on any atom is 0.124 e. The summed E-state index contributed by atoms with van der Waals surface area (Å²) in [4.78, 5) is 5.17. The molecule has 90 valence electrons. The third-order valence-electron chi connectivity index (χ3n) is 2.39. The molecule has 1 N–H and O–H groups in total. The number of hydrogen-bond acceptors (Lipinski definition) is 4. The lowest BCUT2D eigenvalue weighted by Crippen LogP contribution is -2.12. The number of hydrogen-bond donors (Lipinski definition) is 1. The second-order valence-electron chi connectivity index (χ2n) is 3.64. The fraction of sp³-hybridized carbons (Fsp3) is 0.308. The summed E-state index contributed by atoms with van der Waals surface area (Å²) in [5, 5.41) is 3.31. The molecule has 0 aliphatic heterocycles. The van der Waals surface area contributed by atoms with Crippen LogP contribution in [0.4, 0.5) is 0 Å². The van der Waals surface area contributed by atoms with Crippen LogP contribution >= 0.6 is 11.3 Å². The highest BCUT2D eigenvalue weighted by molar-refractivity contribution is 7.09. The lowest BCUT2D eigenvalue weighted by Gasteiger charge is -2.10. The molecule has 1 aromatic carbocycles. The molecular formula is C13H16N2OS. The summed E-state index contributed by atoms with van der Waals surface area (Å²) in [6, 6.07) is 8.13. The number of nitrogens with one attached hydrogen (secondary N) is 1. The first-order valence-electron chi connectivity index (χ1n) is 5.69. The van der Waals surface area contributed by atoms with E-state index in [2.05, 4.69) is 23.3 Å². The zero-order valence-electron chi connectivity index (χ0n) is 9.85. The standard InChI is InChI=1S/C13H16N2OS/c1-2-14-7-11-5-3-4-6-13(11)16-9-12-8-15-10-17-12/h3-6,8,10,14H,2,7,9H2,1H3. The fourth-order valence-electron chi connectivity index (χ4n) is 1.51. The number of nitrogens with zero attached hydrogens (tertiary/aromatic N) is 1. The van der Waals surface area contributed by atoms with E-state index in [1.807, 2.05) is 29.9 Å². The van der Waals surface area contributed by atoms with Crippen molar-refractivity contribution in [3.63, 3.8) is 0 Å². The van der Waals surface area contributed by atoms with Crippen molar-refractivity contribution >= 4 is 11.3 Å². The van der Waals surface area contributed by atoms with Crippen LogP contribution in [-0.4, -0.2) is 11.5 Å². The van der Waals surface area contributed by atoms with E-state index in [1.165, 1.54) is 5.56 Å². The first-order chi connectivity index (χ1) is 8.40. The van der Waals surface area contributed by atoms with Crippen LogP contribution < -0.4 is 10.1 Å². The summed E-state index contributed by atoms with van der Waals surface area (Å²) in [6.07, 6.45) is 1.84. The van der Waals surface area contributed by atoms with Gasteiger partial charge in [-0.25, -0.2) is 0 Å². The number of para-hydroxylation sites is 1. The van der Waals surface area contributed by atoms with E-state index in [0.717, 1.165) is 23.7 Å². The van der Waals surface area contributed by atoms with Gasteiger partial charge in [0.05, 0.1) is 10.4 Å². The largest absolute Gasteiger partial charge is 0.488 e. The minimum absolute atomic E-state index is 0.591. The van der Waals surface area contributed by atoms with Crippen molar-refractivity contribution in [1.29, 1.82) is 0 Å². The monoisotopic (exact) mass is 248 g/mol. The van der Waals surface area contributed by atoms with Crippen LogP contribution in [0.5, 0.6) is 5.75 Å². The molecule has 0 spiro atoms. The van der Waals surface area contributed by atoms with E-state index in [1.54, 1.807) is 11.3 Å². The van der Waals surface area contributed by atoms with E-state index in [0.29, 0.717) is 6.61 Å². The molecule has 0 saturated carbocycles. The molecule has 1 heterocycles. The maximum absolute atomic E-state index is 5.81. The zero-order valence-corrected chi connectivity index (χ0v) is 10.7. The van der Waals surface area contributed by atoms with Gasteiger partial charge in [0.1, 0.15) is 12.4 Å². The smallest absolute Gasteiger partial charge is 0.124 e. The molecule has 0 atom stereocenters. The molecule has 1 aromatic heterocycles. The van der Waals surface area contributed by atoms with Gasteiger partial charge in [-0.2, -0.15) is 0 Å². The van der Waals surface area contributed by atoms with Gasteiger partial charge in [0.2, 0.25) is 0 Å². The Balaban J connectivity index is 1.99. The Morgan fingerprint density at radius 1 is 1.35 bits per heavy atom. The fourth-order valence-corrected chi connectivity index (χ4v) is 2.02. The van der Waals surface area contributed by atoms with Gasteiger partial charge >= 0.3 is 0 Å². The molecule has 2 rings (SSSR count). The second-order valence-corrected chi connectivity index (χ2v) is 4.62. The van der Waals surface area contributed by atoms with Gasteiger partial charge in [0.15, 0.2) is 0 Å². The van der Waals surface area contributed by atoms with E-state index >= 15 is 0 Å². The van der Waals surface area contributed by atoms with Gasteiger partial charge in [-0.3, -0.25) is 4.98 Å². The third-order valence-corrected chi connectivity index (χ3v) is 3.14. The molecule has 4 heteroatoms. The molecule has 0 aliphatic carbocycles. The maximum atomic E-state index is 5.81. The Morgan fingerprint density at radius 3 is 3.00 bits per heavy atom. The van der Waals surface area contributed by atoms with Crippen molar-refractivity contribution in [3.8, 4) is 5.75 Å². The number of thiazole rings is 1. The highest BCUT2D eigenvalue weighted by Crippen LogP contribution is 2.19. The topological polar surface area (TPSA) is 34.1 Å². The second kappa shape index (κ2) is 6.37. The summed E-state index contributed by atoms with van der Waals surface area (Å²) in [6.45, 7) is 4.49. The average molecular weight is 248 g/mol. The van der Waals surface area contributed by atoms with Crippen molar-refractivity contribution in [2.24, 2.45) is 0 Å². The summed E-state index contributed by atoms with van der Waals surface area (Å²) < 4.78 is 5.81. The van der Waals surface area contributed by atoms with Crippen molar-refractivity contribution < 1.29 is 4.74 Å². The van der Waals surface area contributed by atoms with Crippen molar-refractivity contribution in [2.75, 3.05) is 6.54 Å². The summed E-state index contributed by atoms with van der Waals surface area (Å²) in [7, 11) is 0. The van der Waals surface area contributed by atoms with Crippen LogP contribution in [0.1, 0.15) is 17.4 Å². The molecule has 0 unspecified atom stereocenters. The predicted molar refractivity (Wildman–Crippen MR) is 70.3 cm³/mol. The number of ether oxygens (including phenoxy) is 1. The molecule has 0 fully saturated rings. The lowest BCUT2D eigenvalue weighted by molar-refractivity contribution is 0.305. The molecule has 17 heavy (non-hydrogen) atoms. The van der Waals surface area contributed by atoms with Crippen molar-refractivity contribution in [2.45, 2.75) is 20.1 Å². The van der Waals surface area contributed by atoms with Crippen LogP contribution in [0.2, 0.25) is 0 Å². The number of rotatable bonds is 6. The summed E-state index contributed by atoms with van der Waals surface area (Å²) in [5.74, 6) is 0.946. The van der Waals surface area contributed by atoms with E-state index in [4.69, 9.17) is 4.74 Å². The van der Waals surface area contributed by atoms with Gasteiger partial charge in [0, 0.05) is 18.3 Å². The normalized spacial score (nSPS) is 10.4. The van der Waals surface area contributed by atoms with Gasteiger partial charge in [-0.05, 0) is 12.6 Å². The van der Waals surface area contributed by atoms with Crippen molar-refractivity contribution in [3.05, 3.63) is 46.4 Å². The van der Waals surface area contributed by atoms with Gasteiger partial charge in [-0.15, -0.1) is 11.3 Å². The van der Waals surface area contributed by atoms with E-state index in [-0.39, 0.29) is 0 Å². The highest BCUT2D eigenvalue weighted by atomic mass is 32.1. The SMILES string of the molecule is CCNCc1ccccc1OCc1cncs1. The first-order valence-corrected chi connectivity index (χ1v) is 6.57. The van der Waals surface area contributed by atoms with Crippen LogP contribution in [0, 0.1) is 0 Å². The quantitative estimate of drug-likeness (QED) is 0.853. The molecule has 0 saturated heterocycles. The van der Waals surface area contributed by atoms with Gasteiger partial charge in [-0.1, -0.05) is 25.1 Å². The van der Waals surface area contributed by atoms with Crippen LogP contribution in [0.3, 0.4) is 0 Å². The predicted octanol–water partition coefficient (Wildman–Crippen LogP) is 2.83. The molecule has 0 aliphatic rings. The summed E-state index contributed by atoms with van der Waals surface area (Å²) in [5.41, 5.74) is 3.02. The van der Waals surface area contributed by atoms with Gasteiger partial charge < -0.3 is 10.1 Å². The Bertz CT molecular complexity index is 442. The minimum atomic E-state index is 0.591. The molecule has 2 aromatic rings. The molecular weight excluding hydrogens is 232 g/mol. The van der Waals surface area contributed by atoms with Crippen LogP contribution in [0.15, 0.2) is 36.0 Å². The Labute approximate surface area is 105 Å². The van der Waals surface area contributed by atoms with E-state index in [9.17, 15) is 0 Å². The van der Waals surface area contributed by atoms with Crippen LogP contribution in [0.25, 0.3) is 0 Å². The van der Waals surface area contributed by atoms with Crippen LogP contribution in [-0.2, 0) is 13.2 Å². The molecule has 0 amide bonds. The Hall–Kier alpha value is -1.39. The zero-order chi connectivity index (χ0) is 11.9. The van der Waals surface area contributed by atoms with Gasteiger partial charge in [0.25, 0.3) is 0 Å². The van der Waals surface area contributed by atoms with E-state index < -0.39 is 0 Å². The molecule has 0 radical (unpaired) electrons. The molecule has 0 bridgehead atoms. The summed E-state index contributed by atoms with van der Waals surface area (Å²) >= 11 is 1.61.